The van der Waals surface area contributed by atoms with Crippen LogP contribution in [0.5, 0.6) is 0 Å². The predicted octanol–water partition coefficient (Wildman–Crippen LogP) is 3.02. The molecule has 4 atom stereocenters. The second-order valence-electron chi connectivity index (χ2n) is 4.72. The average molecular weight is 277 g/mol. The van der Waals surface area contributed by atoms with Crippen molar-refractivity contribution >= 4 is 23.5 Å². The lowest BCUT2D eigenvalue weighted by Gasteiger charge is -2.36. The molecule has 0 bridgehead atoms. The molecule has 0 amide bonds. The standard InChI is InChI=1S/C13H27NOS2/c1-5-14-12(7-6-8-15-4)13-9-16-10(2)11(3)17-13/h10-14H,5-9H2,1-4H3. The Bertz CT molecular complexity index is 204. The van der Waals surface area contributed by atoms with Crippen LogP contribution in [0.25, 0.3) is 0 Å². The molecular formula is C13H27NOS2. The zero-order valence-corrected chi connectivity index (χ0v) is 13.2. The molecule has 1 saturated heterocycles. The van der Waals surface area contributed by atoms with Gasteiger partial charge in [0.1, 0.15) is 0 Å². The van der Waals surface area contributed by atoms with E-state index < -0.39 is 0 Å². The minimum atomic E-state index is 0.655. The van der Waals surface area contributed by atoms with E-state index in [0.717, 1.165) is 28.9 Å². The van der Waals surface area contributed by atoms with Gasteiger partial charge in [0.05, 0.1) is 0 Å². The fraction of sp³-hybridized carbons (Fsp3) is 1.00. The first-order valence-electron chi connectivity index (χ1n) is 6.68. The smallest absolute Gasteiger partial charge is 0.0462 e. The molecular weight excluding hydrogens is 250 g/mol. The van der Waals surface area contributed by atoms with E-state index in [4.69, 9.17) is 4.74 Å². The molecule has 0 radical (unpaired) electrons. The number of nitrogens with one attached hydrogen (secondary N) is 1. The zero-order chi connectivity index (χ0) is 12.7. The van der Waals surface area contributed by atoms with Crippen LogP contribution in [0.15, 0.2) is 0 Å². The van der Waals surface area contributed by atoms with E-state index in [1.54, 1.807) is 7.11 Å². The van der Waals surface area contributed by atoms with Crippen LogP contribution in [0.3, 0.4) is 0 Å². The molecule has 1 rings (SSSR count). The predicted molar refractivity (Wildman–Crippen MR) is 81.3 cm³/mol. The molecule has 4 heteroatoms. The zero-order valence-electron chi connectivity index (χ0n) is 11.6. The van der Waals surface area contributed by atoms with Crippen molar-refractivity contribution < 1.29 is 4.74 Å². The van der Waals surface area contributed by atoms with Crippen LogP contribution >= 0.6 is 23.5 Å². The Labute approximate surface area is 115 Å². The number of hydrogen-bond acceptors (Lipinski definition) is 4. The molecule has 1 fully saturated rings. The summed E-state index contributed by atoms with van der Waals surface area (Å²) < 4.78 is 5.16. The summed E-state index contributed by atoms with van der Waals surface area (Å²) in [4.78, 5) is 0. The maximum absolute atomic E-state index is 5.16. The Morgan fingerprint density at radius 3 is 2.71 bits per heavy atom. The molecule has 17 heavy (non-hydrogen) atoms. The van der Waals surface area contributed by atoms with Crippen LogP contribution in [-0.4, -0.2) is 47.8 Å². The molecule has 1 aliphatic heterocycles. The fourth-order valence-corrected chi connectivity index (χ4v) is 5.32. The number of ether oxygens (including phenoxy) is 1. The van der Waals surface area contributed by atoms with Crippen molar-refractivity contribution in [2.45, 2.75) is 55.4 Å². The van der Waals surface area contributed by atoms with Crippen molar-refractivity contribution in [3.8, 4) is 0 Å². The van der Waals surface area contributed by atoms with Crippen LogP contribution in [0.1, 0.15) is 33.6 Å². The number of hydrogen-bond donors (Lipinski definition) is 1. The monoisotopic (exact) mass is 277 g/mol. The van der Waals surface area contributed by atoms with Gasteiger partial charge in [0.25, 0.3) is 0 Å². The lowest BCUT2D eigenvalue weighted by molar-refractivity contribution is 0.189. The molecule has 2 nitrogen and oxygen atoms in total. The van der Waals surface area contributed by atoms with Gasteiger partial charge in [0.2, 0.25) is 0 Å². The second-order valence-corrected chi connectivity index (χ2v) is 7.75. The van der Waals surface area contributed by atoms with E-state index in [1.165, 1.54) is 18.6 Å². The van der Waals surface area contributed by atoms with Crippen molar-refractivity contribution in [2.24, 2.45) is 0 Å². The van der Waals surface area contributed by atoms with Gasteiger partial charge in [-0.2, -0.15) is 23.5 Å². The first-order valence-corrected chi connectivity index (χ1v) is 8.67. The number of rotatable bonds is 7. The quantitative estimate of drug-likeness (QED) is 0.722. The molecule has 0 saturated carbocycles. The summed E-state index contributed by atoms with van der Waals surface area (Å²) in [5, 5.41) is 6.01. The maximum atomic E-state index is 5.16. The molecule has 0 aromatic carbocycles. The van der Waals surface area contributed by atoms with Crippen LogP contribution in [0.4, 0.5) is 0 Å². The van der Waals surface area contributed by atoms with Crippen molar-refractivity contribution in [3.63, 3.8) is 0 Å². The van der Waals surface area contributed by atoms with Gasteiger partial charge in [-0.25, -0.2) is 0 Å². The topological polar surface area (TPSA) is 21.3 Å². The van der Waals surface area contributed by atoms with E-state index in [-0.39, 0.29) is 0 Å². The summed E-state index contributed by atoms with van der Waals surface area (Å²) in [6, 6.07) is 0.655. The summed E-state index contributed by atoms with van der Waals surface area (Å²) >= 11 is 4.31. The first-order chi connectivity index (χ1) is 8.19. The molecule has 0 spiro atoms. The van der Waals surface area contributed by atoms with Crippen LogP contribution < -0.4 is 5.32 Å². The Morgan fingerprint density at radius 1 is 1.35 bits per heavy atom. The van der Waals surface area contributed by atoms with Crippen LogP contribution in [0, 0.1) is 0 Å². The van der Waals surface area contributed by atoms with E-state index in [2.05, 4.69) is 49.6 Å². The summed E-state index contributed by atoms with van der Waals surface area (Å²) in [5.74, 6) is 1.29. The summed E-state index contributed by atoms with van der Waals surface area (Å²) in [7, 11) is 1.79. The molecule has 0 aliphatic carbocycles. The minimum Gasteiger partial charge on any atom is -0.385 e. The van der Waals surface area contributed by atoms with Gasteiger partial charge in [-0.15, -0.1) is 0 Å². The molecule has 0 aromatic heterocycles. The third kappa shape index (κ3) is 5.41. The summed E-state index contributed by atoms with van der Waals surface area (Å²) in [6.45, 7) is 8.89. The van der Waals surface area contributed by atoms with Crippen molar-refractivity contribution in [1.82, 2.24) is 5.32 Å². The third-order valence-electron chi connectivity index (χ3n) is 3.35. The van der Waals surface area contributed by atoms with Gasteiger partial charge < -0.3 is 10.1 Å². The molecule has 102 valence electrons. The van der Waals surface area contributed by atoms with E-state index >= 15 is 0 Å². The average Bonchev–Trinajstić information content (AvgIpc) is 2.32. The third-order valence-corrected chi connectivity index (χ3v) is 6.90. The van der Waals surface area contributed by atoms with Gasteiger partial charge in [-0.05, 0) is 19.4 Å². The van der Waals surface area contributed by atoms with Crippen molar-refractivity contribution in [2.75, 3.05) is 26.0 Å². The molecule has 1 heterocycles. The highest BCUT2D eigenvalue weighted by Crippen LogP contribution is 2.37. The van der Waals surface area contributed by atoms with Crippen molar-refractivity contribution in [1.29, 1.82) is 0 Å². The number of methoxy groups -OCH3 is 1. The highest BCUT2D eigenvalue weighted by molar-refractivity contribution is 8.07. The van der Waals surface area contributed by atoms with Gasteiger partial charge in [-0.3, -0.25) is 0 Å². The Balaban J connectivity index is 2.40. The fourth-order valence-electron chi connectivity index (χ4n) is 2.15. The van der Waals surface area contributed by atoms with Crippen molar-refractivity contribution in [3.05, 3.63) is 0 Å². The minimum absolute atomic E-state index is 0.655. The molecule has 0 aromatic rings. The van der Waals surface area contributed by atoms with Gasteiger partial charge in [-0.1, -0.05) is 20.8 Å². The summed E-state index contributed by atoms with van der Waals surface area (Å²) in [6.07, 6.45) is 2.40. The van der Waals surface area contributed by atoms with E-state index in [9.17, 15) is 0 Å². The largest absolute Gasteiger partial charge is 0.385 e. The summed E-state index contributed by atoms with van der Waals surface area (Å²) in [5.41, 5.74) is 0. The first kappa shape index (κ1) is 15.7. The molecule has 1 aliphatic rings. The Hall–Kier alpha value is 0.620. The van der Waals surface area contributed by atoms with Gasteiger partial charge in [0.15, 0.2) is 0 Å². The normalized spacial score (nSPS) is 31.4. The molecule has 1 N–H and O–H groups in total. The highest BCUT2D eigenvalue weighted by atomic mass is 32.2. The van der Waals surface area contributed by atoms with Crippen LogP contribution in [-0.2, 0) is 4.74 Å². The SMILES string of the molecule is CCNC(CCCOC)C1CSC(C)C(C)S1. The van der Waals surface area contributed by atoms with E-state index in [1.807, 2.05) is 0 Å². The Kier molecular flexibility index (Phi) is 8.00. The van der Waals surface area contributed by atoms with Crippen LogP contribution in [0.2, 0.25) is 0 Å². The second kappa shape index (κ2) is 8.68. The number of thioether (sulfide) groups is 2. The van der Waals surface area contributed by atoms with Gasteiger partial charge in [0, 0.05) is 41.3 Å². The lowest BCUT2D eigenvalue weighted by Crippen LogP contribution is -2.43. The molecule has 4 unspecified atom stereocenters. The Morgan fingerprint density at radius 2 is 2.12 bits per heavy atom. The highest BCUT2D eigenvalue weighted by Gasteiger charge is 2.30. The lowest BCUT2D eigenvalue weighted by atomic mass is 10.1. The van der Waals surface area contributed by atoms with Gasteiger partial charge >= 0.3 is 0 Å². The maximum Gasteiger partial charge on any atom is 0.0462 e. The van der Waals surface area contributed by atoms with E-state index in [0.29, 0.717) is 6.04 Å².